The van der Waals surface area contributed by atoms with Gasteiger partial charge in [0.1, 0.15) is 18.2 Å². The number of aromatic amines is 1. The molecule has 6 rings (SSSR count). The Balaban J connectivity index is 1.42. The summed E-state index contributed by atoms with van der Waals surface area (Å²) < 4.78 is 19.9. The van der Waals surface area contributed by atoms with Gasteiger partial charge >= 0.3 is 0 Å². The number of pyridine rings is 1. The second-order valence-corrected chi connectivity index (χ2v) is 10.9. The largest absolute Gasteiger partial charge is 0.491 e. The van der Waals surface area contributed by atoms with Gasteiger partial charge in [0, 0.05) is 23.4 Å². The van der Waals surface area contributed by atoms with Gasteiger partial charge in [-0.15, -0.1) is 0 Å². The average molecular weight is 536 g/mol. The van der Waals surface area contributed by atoms with E-state index < -0.39 is 0 Å². The van der Waals surface area contributed by atoms with Crippen molar-refractivity contribution in [2.45, 2.75) is 40.7 Å². The number of hydrogen-bond acceptors (Lipinski definition) is 5. The first-order chi connectivity index (χ1) is 19.3. The van der Waals surface area contributed by atoms with Crippen molar-refractivity contribution in [3.63, 3.8) is 0 Å². The number of nitrogens with zero attached hydrogens (tertiary/aromatic N) is 3. The summed E-state index contributed by atoms with van der Waals surface area (Å²) in [5, 5.41) is 0. The summed E-state index contributed by atoms with van der Waals surface area (Å²) in [7, 11) is 0. The molecule has 4 aromatic rings. The third kappa shape index (κ3) is 4.88. The fourth-order valence-corrected chi connectivity index (χ4v) is 5.85. The Hall–Kier alpha value is -4.39. The molecule has 6 nitrogen and oxygen atoms in total. The van der Waals surface area contributed by atoms with Gasteiger partial charge in [0.05, 0.1) is 17.8 Å². The van der Waals surface area contributed by atoms with E-state index in [0.29, 0.717) is 30.7 Å². The Morgan fingerprint density at radius 2 is 1.85 bits per heavy atom. The van der Waals surface area contributed by atoms with Crippen molar-refractivity contribution in [3.8, 4) is 17.0 Å². The lowest BCUT2D eigenvalue weighted by molar-refractivity contribution is 0.265. The van der Waals surface area contributed by atoms with Gasteiger partial charge in [0.15, 0.2) is 11.6 Å². The number of ether oxygens (including phenoxy) is 1. The van der Waals surface area contributed by atoms with Crippen LogP contribution in [0.15, 0.2) is 88.7 Å². The predicted molar refractivity (Wildman–Crippen MR) is 158 cm³/mol. The third-order valence-electron chi connectivity index (χ3n) is 8.20. The van der Waals surface area contributed by atoms with E-state index in [1.165, 1.54) is 28.0 Å². The van der Waals surface area contributed by atoms with Crippen LogP contribution in [0.5, 0.6) is 5.75 Å². The number of anilines is 1. The molecule has 3 heterocycles. The molecule has 0 saturated carbocycles. The van der Waals surface area contributed by atoms with Crippen molar-refractivity contribution >= 4 is 17.1 Å². The first kappa shape index (κ1) is 25.9. The second kappa shape index (κ2) is 10.3. The molecular weight excluding hydrogens is 501 g/mol. The monoisotopic (exact) mass is 535 g/mol. The molecule has 2 aliphatic rings. The number of benzene rings is 2. The summed E-state index contributed by atoms with van der Waals surface area (Å²) in [4.78, 5) is 14.5. The number of nitrogens with two attached hydrogens (primary N) is 1. The van der Waals surface area contributed by atoms with Crippen LogP contribution in [-0.4, -0.2) is 33.0 Å². The fourth-order valence-electron chi connectivity index (χ4n) is 5.85. The van der Waals surface area contributed by atoms with E-state index >= 15 is 0 Å². The summed E-state index contributed by atoms with van der Waals surface area (Å²) in [6, 6.07) is 17.1. The molecule has 1 unspecified atom stereocenters. The van der Waals surface area contributed by atoms with Gasteiger partial charge in [-0.25, -0.2) is 9.37 Å². The molecule has 0 amide bonds. The van der Waals surface area contributed by atoms with E-state index in [0.717, 1.165) is 46.6 Å². The molecule has 204 valence electrons. The lowest BCUT2D eigenvalue weighted by Crippen LogP contribution is -2.27. The van der Waals surface area contributed by atoms with Crippen molar-refractivity contribution in [1.29, 1.82) is 0 Å². The van der Waals surface area contributed by atoms with Crippen LogP contribution in [0.3, 0.4) is 0 Å². The number of nitrogen functional groups attached to an aromatic ring is 1. The topological polar surface area (TPSA) is 80.1 Å². The molecule has 0 saturated heterocycles. The van der Waals surface area contributed by atoms with Crippen molar-refractivity contribution in [3.05, 3.63) is 106 Å². The van der Waals surface area contributed by atoms with Gasteiger partial charge in [0.2, 0.25) is 0 Å². The molecule has 40 heavy (non-hydrogen) atoms. The highest BCUT2D eigenvalue weighted by atomic mass is 19.1. The predicted octanol–water partition coefficient (Wildman–Crippen LogP) is 6.97. The number of rotatable bonds is 4. The van der Waals surface area contributed by atoms with Gasteiger partial charge in [0.25, 0.3) is 0 Å². The quantitative estimate of drug-likeness (QED) is 0.295. The summed E-state index contributed by atoms with van der Waals surface area (Å²) in [5.74, 6) is 1.37. The van der Waals surface area contributed by atoms with E-state index in [2.05, 4.69) is 54.7 Å². The zero-order chi connectivity index (χ0) is 28.0. The van der Waals surface area contributed by atoms with Crippen LogP contribution in [0.4, 0.5) is 10.3 Å². The first-order valence-corrected chi connectivity index (χ1v) is 13.7. The number of halogens is 1. The smallest absolute Gasteiger partial charge is 0.200 e. The first-order valence-electron chi connectivity index (χ1n) is 13.7. The molecule has 2 aromatic carbocycles. The second-order valence-electron chi connectivity index (χ2n) is 10.9. The maximum Gasteiger partial charge on any atom is 0.200 e. The Morgan fingerprint density at radius 3 is 2.65 bits per heavy atom. The summed E-state index contributed by atoms with van der Waals surface area (Å²) in [6.45, 7) is 11.0. The maximum atomic E-state index is 13.7. The van der Waals surface area contributed by atoms with Crippen LogP contribution in [0, 0.1) is 11.7 Å². The molecule has 1 aliphatic heterocycles. The van der Waals surface area contributed by atoms with Crippen molar-refractivity contribution in [2.75, 3.05) is 18.9 Å². The summed E-state index contributed by atoms with van der Waals surface area (Å²) in [6.07, 6.45) is 3.10. The van der Waals surface area contributed by atoms with E-state index in [-0.39, 0.29) is 5.82 Å². The Kier molecular flexibility index (Phi) is 6.66. The highest BCUT2D eigenvalue weighted by Crippen LogP contribution is 2.38. The Labute approximate surface area is 234 Å². The molecule has 7 heteroatoms. The molecule has 0 bridgehead atoms. The van der Waals surface area contributed by atoms with Gasteiger partial charge in [-0.2, -0.15) is 4.98 Å². The van der Waals surface area contributed by atoms with Crippen LogP contribution >= 0.6 is 0 Å². The molecule has 0 radical (unpaired) electrons. The van der Waals surface area contributed by atoms with E-state index in [1.807, 2.05) is 36.4 Å². The van der Waals surface area contributed by atoms with Crippen molar-refractivity contribution in [2.24, 2.45) is 5.92 Å². The number of aromatic nitrogens is 3. The van der Waals surface area contributed by atoms with E-state index in [4.69, 9.17) is 15.5 Å². The molecule has 2 aromatic heterocycles. The van der Waals surface area contributed by atoms with Crippen molar-refractivity contribution < 1.29 is 9.13 Å². The van der Waals surface area contributed by atoms with Crippen LogP contribution < -0.4 is 10.5 Å². The number of nitrogens with one attached hydrogen (secondary N) is 1. The Bertz CT molecular complexity index is 1700. The normalized spacial score (nSPS) is 17.9. The number of fused-ring (bicyclic) bond motifs is 2. The Morgan fingerprint density at radius 1 is 1.05 bits per heavy atom. The van der Waals surface area contributed by atoms with E-state index in [9.17, 15) is 4.39 Å². The molecule has 1 aliphatic carbocycles. The molecule has 0 fully saturated rings. The fraction of sp³-hybridized carbons (Fsp3) is 0.273. The summed E-state index contributed by atoms with van der Waals surface area (Å²) in [5.41, 5.74) is 17.7. The minimum absolute atomic E-state index is 0.214. The van der Waals surface area contributed by atoms with E-state index in [1.54, 1.807) is 12.1 Å². The van der Waals surface area contributed by atoms with Gasteiger partial charge in [-0.05, 0) is 97.9 Å². The van der Waals surface area contributed by atoms with Gasteiger partial charge in [-0.1, -0.05) is 30.7 Å². The van der Waals surface area contributed by atoms with Crippen LogP contribution in [0.25, 0.3) is 22.4 Å². The number of hydrogen-bond donors (Lipinski definition) is 2. The molecule has 0 spiro atoms. The van der Waals surface area contributed by atoms with Crippen LogP contribution in [0.2, 0.25) is 0 Å². The minimum Gasteiger partial charge on any atom is -0.491 e. The third-order valence-corrected chi connectivity index (χ3v) is 8.20. The molecule has 3 N–H and O–H groups in total. The van der Waals surface area contributed by atoms with Gasteiger partial charge < -0.3 is 20.4 Å². The van der Waals surface area contributed by atoms with Crippen LogP contribution in [0.1, 0.15) is 38.8 Å². The van der Waals surface area contributed by atoms with Gasteiger partial charge in [-0.3, -0.25) is 0 Å². The SMILES string of the molecule is CC1=CC(C)C(C)=C(C)C(Cc2ccc(F)cc2)=C1N1CCOc2ccc(-c3ccc4[nH]c(N)nc4n3)cc2C1. The maximum absolute atomic E-state index is 13.7. The molecule has 1 atom stereocenters. The highest BCUT2D eigenvalue weighted by Gasteiger charge is 2.26. The zero-order valence-electron chi connectivity index (χ0n) is 23.4. The average Bonchev–Trinajstić information content (AvgIpc) is 3.15. The lowest BCUT2D eigenvalue weighted by atomic mass is 9.91. The minimum atomic E-state index is -0.214. The number of H-pyrrole nitrogens is 1. The van der Waals surface area contributed by atoms with Crippen molar-refractivity contribution in [1.82, 2.24) is 19.9 Å². The standard InChI is InChI=1S/C33H34FN5O/c1-19-15-20(2)31(27(22(4)21(19)3)16-23-5-8-26(34)9-6-23)39-13-14-40-30-12-7-24(17-25(30)18-39)28-10-11-29-32(36-28)38-33(35)37-29/h5-12,15,17,19H,13-14,16,18H2,1-4H3,(H3,35,36,37,38). The number of imidazole rings is 1. The highest BCUT2D eigenvalue weighted by molar-refractivity contribution is 5.77. The lowest BCUT2D eigenvalue weighted by Gasteiger charge is -2.29. The molecular formula is C33H34FN5O. The zero-order valence-corrected chi connectivity index (χ0v) is 23.4. The van der Waals surface area contributed by atoms with Crippen LogP contribution in [-0.2, 0) is 13.0 Å². The number of allylic oxidation sites excluding steroid dienone is 5. The summed E-state index contributed by atoms with van der Waals surface area (Å²) >= 11 is 0.